The van der Waals surface area contributed by atoms with Gasteiger partial charge in [0.15, 0.2) is 0 Å². The predicted molar refractivity (Wildman–Crippen MR) is 78.7 cm³/mol. The maximum Gasteiger partial charge on any atom is 0.130 e. The highest BCUT2D eigenvalue weighted by atomic mass is 19.1. The Morgan fingerprint density at radius 3 is 2.40 bits per heavy atom. The summed E-state index contributed by atoms with van der Waals surface area (Å²) in [6.07, 6.45) is 5.98. The van der Waals surface area contributed by atoms with Gasteiger partial charge in [0, 0.05) is 23.7 Å². The molecular weight excluding hydrogens is 256 g/mol. The number of hydrogen-bond donors (Lipinski definition) is 1. The molecule has 0 amide bonds. The van der Waals surface area contributed by atoms with Crippen molar-refractivity contribution in [1.82, 2.24) is 5.32 Å². The van der Waals surface area contributed by atoms with Crippen molar-refractivity contribution in [2.75, 3.05) is 0 Å². The smallest absolute Gasteiger partial charge is 0.130 e. The Kier molecular flexibility index (Phi) is 5.14. The molecule has 1 aromatic carbocycles. The molecule has 0 aromatic heterocycles. The van der Waals surface area contributed by atoms with Crippen LogP contribution < -0.4 is 5.32 Å². The zero-order valence-electron chi connectivity index (χ0n) is 12.7. The van der Waals surface area contributed by atoms with E-state index in [-0.39, 0.29) is 12.1 Å². The first kappa shape index (κ1) is 15.4. The highest BCUT2D eigenvalue weighted by molar-refractivity contribution is 5.28. The molecule has 1 aromatic rings. The van der Waals surface area contributed by atoms with Gasteiger partial charge in [-0.3, -0.25) is 0 Å². The second-order valence-corrected chi connectivity index (χ2v) is 6.38. The minimum absolute atomic E-state index is 0.0163. The third-order valence-electron chi connectivity index (χ3n) is 4.23. The van der Waals surface area contributed by atoms with Crippen LogP contribution in [0.4, 0.5) is 8.78 Å². The van der Waals surface area contributed by atoms with E-state index in [4.69, 9.17) is 0 Å². The molecule has 1 unspecified atom stereocenters. The van der Waals surface area contributed by atoms with Crippen molar-refractivity contribution in [2.45, 2.75) is 65.0 Å². The summed E-state index contributed by atoms with van der Waals surface area (Å²) in [5.74, 6) is -0.226. The van der Waals surface area contributed by atoms with Crippen molar-refractivity contribution in [3.8, 4) is 0 Å². The van der Waals surface area contributed by atoms with Crippen LogP contribution >= 0.6 is 0 Å². The quantitative estimate of drug-likeness (QED) is 0.810. The van der Waals surface area contributed by atoms with Crippen molar-refractivity contribution >= 4 is 0 Å². The molecule has 3 heteroatoms. The third-order valence-corrected chi connectivity index (χ3v) is 4.23. The number of aryl methyl sites for hydroxylation is 1. The molecule has 0 heterocycles. The van der Waals surface area contributed by atoms with E-state index in [9.17, 15) is 8.78 Å². The molecule has 0 aliphatic heterocycles. The summed E-state index contributed by atoms with van der Waals surface area (Å²) in [4.78, 5) is 0. The fraction of sp³-hybridized carbons (Fsp3) is 0.647. The van der Waals surface area contributed by atoms with Gasteiger partial charge in [0.25, 0.3) is 0 Å². The lowest BCUT2D eigenvalue weighted by molar-refractivity contribution is 0.364. The number of halogens is 2. The topological polar surface area (TPSA) is 12.0 Å². The first-order valence-electron chi connectivity index (χ1n) is 7.69. The Bertz CT molecular complexity index is 451. The van der Waals surface area contributed by atoms with Gasteiger partial charge in [-0.25, -0.2) is 8.78 Å². The maximum atomic E-state index is 14.1. The van der Waals surface area contributed by atoms with Crippen molar-refractivity contribution in [2.24, 2.45) is 5.92 Å². The molecule has 1 atom stereocenters. The average Bonchev–Trinajstić information content (AvgIpc) is 2.85. The molecule has 112 valence electrons. The second kappa shape index (κ2) is 6.66. The first-order chi connectivity index (χ1) is 9.47. The monoisotopic (exact) mass is 281 g/mol. The van der Waals surface area contributed by atoms with E-state index in [0.29, 0.717) is 17.0 Å². The van der Waals surface area contributed by atoms with Gasteiger partial charge in [-0.15, -0.1) is 0 Å². The van der Waals surface area contributed by atoms with Crippen LogP contribution in [0, 0.1) is 24.5 Å². The van der Waals surface area contributed by atoms with Gasteiger partial charge in [-0.2, -0.15) is 0 Å². The molecular formula is C17H25F2N. The van der Waals surface area contributed by atoms with E-state index in [1.54, 1.807) is 13.0 Å². The highest BCUT2D eigenvalue weighted by Crippen LogP contribution is 2.34. The Labute approximate surface area is 120 Å². The largest absolute Gasteiger partial charge is 0.308 e. The van der Waals surface area contributed by atoms with E-state index in [0.717, 1.165) is 12.5 Å². The van der Waals surface area contributed by atoms with Gasteiger partial charge >= 0.3 is 0 Å². The van der Waals surface area contributed by atoms with Crippen LogP contribution in [0.3, 0.4) is 0 Å². The first-order valence-corrected chi connectivity index (χ1v) is 7.69. The zero-order valence-corrected chi connectivity index (χ0v) is 12.7. The van der Waals surface area contributed by atoms with Gasteiger partial charge in [-0.05, 0) is 30.9 Å². The molecule has 1 fully saturated rings. The minimum atomic E-state index is -0.463. The Hall–Kier alpha value is -0.960. The summed E-state index contributed by atoms with van der Waals surface area (Å²) in [6, 6.07) is 2.96. The zero-order chi connectivity index (χ0) is 14.7. The van der Waals surface area contributed by atoms with Crippen LogP contribution in [0.15, 0.2) is 12.1 Å². The van der Waals surface area contributed by atoms with Crippen LogP contribution in [-0.2, 0) is 0 Å². The van der Waals surface area contributed by atoms with Gasteiger partial charge < -0.3 is 5.32 Å². The molecule has 1 aliphatic rings. The van der Waals surface area contributed by atoms with Crippen LogP contribution in [0.25, 0.3) is 0 Å². The fourth-order valence-corrected chi connectivity index (χ4v) is 3.21. The molecule has 0 spiro atoms. The van der Waals surface area contributed by atoms with E-state index in [1.165, 1.54) is 25.7 Å². The molecule has 1 nitrogen and oxygen atoms in total. The van der Waals surface area contributed by atoms with E-state index in [1.807, 2.05) is 0 Å². The van der Waals surface area contributed by atoms with E-state index < -0.39 is 11.6 Å². The van der Waals surface area contributed by atoms with Gasteiger partial charge in [0.2, 0.25) is 0 Å². The molecule has 2 rings (SSSR count). The van der Waals surface area contributed by atoms with E-state index >= 15 is 0 Å². The summed E-state index contributed by atoms with van der Waals surface area (Å²) >= 11 is 0. The lowest BCUT2D eigenvalue weighted by Gasteiger charge is -2.25. The van der Waals surface area contributed by atoms with Gasteiger partial charge in [0.05, 0.1) is 0 Å². The summed E-state index contributed by atoms with van der Waals surface area (Å²) in [5, 5.41) is 3.45. The van der Waals surface area contributed by atoms with Crippen LogP contribution in [0.1, 0.15) is 63.1 Å². The normalized spacial score (nSPS) is 17.9. The van der Waals surface area contributed by atoms with E-state index in [2.05, 4.69) is 19.2 Å². The Balaban J connectivity index is 2.22. The third kappa shape index (κ3) is 3.78. The molecule has 0 saturated heterocycles. The summed E-state index contributed by atoms with van der Waals surface area (Å²) in [5.41, 5.74) is 1.13. The predicted octanol–water partition coefficient (Wildman–Crippen LogP) is 4.89. The number of nitrogens with one attached hydrogen (secondary N) is 1. The van der Waals surface area contributed by atoms with Crippen LogP contribution in [0.5, 0.6) is 0 Å². The molecule has 1 aliphatic carbocycles. The molecule has 0 radical (unpaired) electrons. The SMILES string of the molecule is Cc1cc(C(CC2CCCC2)NC(C)C)c(F)cc1F. The molecule has 0 bridgehead atoms. The summed E-state index contributed by atoms with van der Waals surface area (Å²) in [6.45, 7) is 5.83. The number of hydrogen-bond acceptors (Lipinski definition) is 1. The van der Waals surface area contributed by atoms with Crippen molar-refractivity contribution in [3.63, 3.8) is 0 Å². The molecule has 20 heavy (non-hydrogen) atoms. The van der Waals surface area contributed by atoms with Crippen LogP contribution in [-0.4, -0.2) is 6.04 Å². The van der Waals surface area contributed by atoms with Gasteiger partial charge in [-0.1, -0.05) is 39.5 Å². The lowest BCUT2D eigenvalue weighted by atomic mass is 9.92. The lowest BCUT2D eigenvalue weighted by Crippen LogP contribution is -2.30. The fourth-order valence-electron chi connectivity index (χ4n) is 3.21. The number of rotatable bonds is 5. The molecule has 1 N–H and O–H groups in total. The second-order valence-electron chi connectivity index (χ2n) is 6.38. The summed E-state index contributed by atoms with van der Waals surface area (Å²) < 4.78 is 27.6. The van der Waals surface area contributed by atoms with Crippen molar-refractivity contribution in [3.05, 3.63) is 34.9 Å². The van der Waals surface area contributed by atoms with Crippen molar-refractivity contribution < 1.29 is 8.78 Å². The Morgan fingerprint density at radius 1 is 1.15 bits per heavy atom. The number of benzene rings is 1. The van der Waals surface area contributed by atoms with Crippen LogP contribution in [0.2, 0.25) is 0 Å². The van der Waals surface area contributed by atoms with Crippen molar-refractivity contribution in [1.29, 1.82) is 0 Å². The maximum absolute atomic E-state index is 14.1. The average molecular weight is 281 g/mol. The molecule has 1 saturated carbocycles. The Morgan fingerprint density at radius 2 is 1.80 bits per heavy atom. The standard InChI is InChI=1S/C17H25F2N/c1-11(2)20-17(9-13-6-4-5-7-13)14-8-12(3)15(18)10-16(14)19/h8,10-11,13,17,20H,4-7,9H2,1-3H3. The highest BCUT2D eigenvalue weighted by Gasteiger charge is 2.24. The minimum Gasteiger partial charge on any atom is -0.308 e. The summed E-state index contributed by atoms with van der Waals surface area (Å²) in [7, 11) is 0. The van der Waals surface area contributed by atoms with Gasteiger partial charge in [0.1, 0.15) is 11.6 Å².